The van der Waals surface area contributed by atoms with E-state index in [1.807, 2.05) is 18.2 Å². The molecule has 0 atom stereocenters. The molecule has 1 amide bonds. The van der Waals surface area contributed by atoms with Crippen molar-refractivity contribution in [2.75, 3.05) is 44.9 Å². The number of ketones is 1. The molecule has 0 spiro atoms. The number of amides is 1. The Morgan fingerprint density at radius 2 is 1.52 bits per heavy atom. The molecule has 1 heterocycles. The third-order valence-corrected chi connectivity index (χ3v) is 5.67. The van der Waals surface area contributed by atoms with Crippen LogP contribution < -0.4 is 9.64 Å². The van der Waals surface area contributed by atoms with Crippen LogP contribution in [0.1, 0.15) is 21.5 Å². The quantitative estimate of drug-likeness (QED) is 0.495. The second-order valence-electron chi connectivity index (χ2n) is 8.02. The normalized spacial score (nSPS) is 13.4. The van der Waals surface area contributed by atoms with E-state index >= 15 is 0 Å². The van der Waals surface area contributed by atoms with Crippen molar-refractivity contribution in [1.82, 2.24) is 4.90 Å². The van der Waals surface area contributed by atoms with E-state index in [4.69, 9.17) is 9.47 Å². The van der Waals surface area contributed by atoms with Crippen LogP contribution in [-0.2, 0) is 16.1 Å². The Hall–Kier alpha value is -3.64. The molecule has 3 aromatic rings. The van der Waals surface area contributed by atoms with Crippen LogP contribution in [0.2, 0.25) is 0 Å². The van der Waals surface area contributed by atoms with Gasteiger partial charge in [-0.05, 0) is 42.0 Å². The summed E-state index contributed by atoms with van der Waals surface area (Å²) in [5.74, 6) is 0.394. The summed E-state index contributed by atoms with van der Waals surface area (Å²) in [6.07, 6.45) is 0. The highest BCUT2D eigenvalue weighted by molar-refractivity contribution is 6.08. The van der Waals surface area contributed by atoms with Crippen LogP contribution in [0.25, 0.3) is 0 Å². The molecule has 33 heavy (non-hydrogen) atoms. The first-order valence-electron chi connectivity index (χ1n) is 11.1. The molecule has 1 fully saturated rings. The number of nitrogens with zero attached hydrogens (tertiary/aromatic N) is 2. The average molecular weight is 445 g/mol. The highest BCUT2D eigenvalue weighted by Gasteiger charge is 2.14. The Labute approximate surface area is 194 Å². The SMILES string of the molecule is CN(Cc1ccc(N2CCOCC2)cc1)C(=O)COc1ccc(C(=O)c2ccccc2)cc1. The standard InChI is InChI=1S/C27H28N2O4/c1-28(19-21-7-11-24(12-8-21)29-15-17-32-18-16-29)26(30)20-33-25-13-9-23(10-14-25)27(31)22-5-3-2-4-6-22/h2-14H,15-20H2,1H3. The molecule has 0 aromatic heterocycles. The van der Waals surface area contributed by atoms with E-state index in [-0.39, 0.29) is 18.3 Å². The van der Waals surface area contributed by atoms with E-state index < -0.39 is 0 Å². The fourth-order valence-corrected chi connectivity index (χ4v) is 3.71. The smallest absolute Gasteiger partial charge is 0.260 e. The van der Waals surface area contributed by atoms with Gasteiger partial charge >= 0.3 is 0 Å². The van der Waals surface area contributed by atoms with E-state index in [0.717, 1.165) is 31.9 Å². The Bertz CT molecular complexity index is 1060. The number of anilines is 1. The van der Waals surface area contributed by atoms with Crippen LogP contribution in [0.4, 0.5) is 5.69 Å². The third-order valence-electron chi connectivity index (χ3n) is 5.67. The van der Waals surface area contributed by atoms with Gasteiger partial charge < -0.3 is 19.3 Å². The van der Waals surface area contributed by atoms with E-state index in [0.29, 0.717) is 23.4 Å². The van der Waals surface area contributed by atoms with Crippen molar-refractivity contribution < 1.29 is 19.1 Å². The summed E-state index contributed by atoms with van der Waals surface area (Å²) in [4.78, 5) is 29.0. The molecule has 1 aliphatic rings. The van der Waals surface area contributed by atoms with Crippen LogP contribution in [0.15, 0.2) is 78.9 Å². The van der Waals surface area contributed by atoms with Gasteiger partial charge in [-0.25, -0.2) is 0 Å². The number of hydrogen-bond acceptors (Lipinski definition) is 5. The van der Waals surface area contributed by atoms with Gasteiger partial charge in [-0.2, -0.15) is 0 Å². The molecule has 170 valence electrons. The summed E-state index contributed by atoms with van der Waals surface area (Å²) >= 11 is 0. The number of carbonyl (C=O) groups excluding carboxylic acids is 2. The predicted octanol–water partition coefficient (Wildman–Crippen LogP) is 3.79. The van der Waals surface area contributed by atoms with Crippen LogP contribution in [-0.4, -0.2) is 56.5 Å². The van der Waals surface area contributed by atoms with E-state index in [1.165, 1.54) is 5.69 Å². The number of benzene rings is 3. The maximum absolute atomic E-state index is 12.5. The van der Waals surface area contributed by atoms with Crippen molar-refractivity contribution in [1.29, 1.82) is 0 Å². The maximum Gasteiger partial charge on any atom is 0.260 e. The third kappa shape index (κ3) is 5.99. The minimum atomic E-state index is -0.114. The van der Waals surface area contributed by atoms with Gasteiger partial charge in [0.25, 0.3) is 5.91 Å². The summed E-state index contributed by atoms with van der Waals surface area (Å²) in [5, 5.41) is 0. The lowest BCUT2D eigenvalue weighted by molar-refractivity contribution is -0.132. The van der Waals surface area contributed by atoms with Crippen molar-refractivity contribution in [3.63, 3.8) is 0 Å². The van der Waals surface area contributed by atoms with Crippen LogP contribution in [0.5, 0.6) is 5.75 Å². The van der Waals surface area contributed by atoms with Gasteiger partial charge in [-0.1, -0.05) is 42.5 Å². The lowest BCUT2D eigenvalue weighted by atomic mass is 10.0. The van der Waals surface area contributed by atoms with E-state index in [9.17, 15) is 9.59 Å². The molecule has 6 nitrogen and oxygen atoms in total. The highest BCUT2D eigenvalue weighted by Crippen LogP contribution is 2.18. The second-order valence-corrected chi connectivity index (χ2v) is 8.02. The molecule has 0 unspecified atom stereocenters. The van der Waals surface area contributed by atoms with Gasteiger partial charge in [0.15, 0.2) is 12.4 Å². The zero-order chi connectivity index (χ0) is 23.0. The fourth-order valence-electron chi connectivity index (χ4n) is 3.71. The minimum absolute atomic E-state index is 0.0439. The lowest BCUT2D eigenvalue weighted by Gasteiger charge is -2.29. The summed E-state index contributed by atoms with van der Waals surface area (Å²) in [7, 11) is 1.77. The first-order chi connectivity index (χ1) is 16.1. The highest BCUT2D eigenvalue weighted by atomic mass is 16.5. The zero-order valence-corrected chi connectivity index (χ0v) is 18.8. The largest absolute Gasteiger partial charge is 0.484 e. The summed E-state index contributed by atoms with van der Waals surface area (Å²) < 4.78 is 11.0. The van der Waals surface area contributed by atoms with Gasteiger partial charge in [-0.15, -0.1) is 0 Å². The molecular formula is C27H28N2O4. The molecule has 1 aliphatic heterocycles. The number of rotatable bonds is 8. The van der Waals surface area contributed by atoms with Crippen LogP contribution in [0, 0.1) is 0 Å². The van der Waals surface area contributed by atoms with E-state index in [1.54, 1.807) is 48.3 Å². The van der Waals surface area contributed by atoms with Gasteiger partial charge in [-0.3, -0.25) is 9.59 Å². The molecule has 0 aliphatic carbocycles. The summed E-state index contributed by atoms with van der Waals surface area (Å²) in [6, 6.07) is 24.3. The predicted molar refractivity (Wildman–Crippen MR) is 128 cm³/mol. The van der Waals surface area contributed by atoms with Crippen molar-refractivity contribution in [2.24, 2.45) is 0 Å². The van der Waals surface area contributed by atoms with Crippen LogP contribution in [0.3, 0.4) is 0 Å². The number of likely N-dealkylation sites (N-methyl/N-ethyl adjacent to an activating group) is 1. The number of carbonyl (C=O) groups is 2. The minimum Gasteiger partial charge on any atom is -0.484 e. The lowest BCUT2D eigenvalue weighted by Crippen LogP contribution is -2.36. The van der Waals surface area contributed by atoms with Gasteiger partial charge in [0.2, 0.25) is 0 Å². The molecule has 4 rings (SSSR count). The zero-order valence-electron chi connectivity index (χ0n) is 18.8. The van der Waals surface area contributed by atoms with Gasteiger partial charge in [0.05, 0.1) is 13.2 Å². The Kier molecular flexibility index (Phi) is 7.37. The van der Waals surface area contributed by atoms with E-state index in [2.05, 4.69) is 29.2 Å². The van der Waals surface area contributed by atoms with Gasteiger partial charge in [0.1, 0.15) is 5.75 Å². The number of ether oxygens (including phenoxy) is 2. The van der Waals surface area contributed by atoms with Gasteiger partial charge in [0, 0.05) is 43.5 Å². The molecule has 3 aromatic carbocycles. The topological polar surface area (TPSA) is 59.1 Å². The molecule has 0 N–H and O–H groups in total. The molecule has 0 radical (unpaired) electrons. The van der Waals surface area contributed by atoms with Crippen LogP contribution >= 0.6 is 0 Å². The average Bonchev–Trinajstić information content (AvgIpc) is 2.88. The molecule has 0 bridgehead atoms. The Morgan fingerprint density at radius 3 is 2.18 bits per heavy atom. The Morgan fingerprint density at radius 1 is 0.879 bits per heavy atom. The molecule has 0 saturated carbocycles. The van der Waals surface area contributed by atoms with Crippen molar-refractivity contribution in [2.45, 2.75) is 6.54 Å². The Balaban J connectivity index is 1.26. The summed E-state index contributed by atoms with van der Waals surface area (Å²) in [6.45, 7) is 3.76. The molecule has 1 saturated heterocycles. The summed E-state index contributed by atoms with van der Waals surface area (Å²) in [5.41, 5.74) is 3.46. The van der Waals surface area contributed by atoms with Crippen molar-refractivity contribution in [3.8, 4) is 5.75 Å². The first-order valence-corrected chi connectivity index (χ1v) is 11.1. The molecular weight excluding hydrogens is 416 g/mol. The second kappa shape index (κ2) is 10.8. The fraction of sp³-hybridized carbons (Fsp3) is 0.259. The maximum atomic E-state index is 12.5. The van der Waals surface area contributed by atoms with Crippen molar-refractivity contribution >= 4 is 17.4 Å². The first kappa shape index (κ1) is 22.6. The number of morpholine rings is 1. The molecule has 6 heteroatoms. The van der Waals surface area contributed by atoms with Crippen molar-refractivity contribution in [3.05, 3.63) is 95.6 Å². The monoisotopic (exact) mass is 444 g/mol. The number of hydrogen-bond donors (Lipinski definition) is 0.